The van der Waals surface area contributed by atoms with Crippen molar-refractivity contribution in [2.45, 2.75) is 13.8 Å². The average molecular weight is 262 g/mol. The molecule has 0 unspecified atom stereocenters. The van der Waals surface area contributed by atoms with Crippen LogP contribution in [0.25, 0.3) is 11.0 Å². The van der Waals surface area contributed by atoms with Gasteiger partial charge in [0.1, 0.15) is 11.1 Å². The van der Waals surface area contributed by atoms with Gasteiger partial charge in [-0.15, -0.1) is 0 Å². The van der Waals surface area contributed by atoms with E-state index in [1.807, 2.05) is 19.9 Å². The van der Waals surface area contributed by atoms with Crippen molar-refractivity contribution >= 4 is 22.9 Å². The molecule has 5 heteroatoms. The van der Waals surface area contributed by atoms with Crippen molar-refractivity contribution < 1.29 is 23.5 Å². The van der Waals surface area contributed by atoms with Crippen molar-refractivity contribution in [2.75, 3.05) is 14.2 Å². The molecule has 0 fully saturated rings. The highest BCUT2D eigenvalue weighted by Crippen LogP contribution is 2.31. The summed E-state index contributed by atoms with van der Waals surface area (Å²) in [5, 5.41) is 0.581. The molecule has 2 aromatic rings. The SMILES string of the molecule is COC(=O)c1oc2cc(C)cc(C)c2c1C(=O)OC. The van der Waals surface area contributed by atoms with Gasteiger partial charge in [-0.05, 0) is 31.0 Å². The van der Waals surface area contributed by atoms with E-state index < -0.39 is 11.9 Å². The van der Waals surface area contributed by atoms with Crippen LogP contribution in [-0.4, -0.2) is 26.2 Å². The molecule has 0 saturated heterocycles. The van der Waals surface area contributed by atoms with Crippen molar-refractivity contribution in [2.24, 2.45) is 0 Å². The van der Waals surface area contributed by atoms with Gasteiger partial charge in [-0.2, -0.15) is 0 Å². The molecule has 0 spiro atoms. The predicted octanol–water partition coefficient (Wildman–Crippen LogP) is 2.62. The molecular formula is C14H14O5. The lowest BCUT2D eigenvalue weighted by Crippen LogP contribution is -2.09. The fourth-order valence-corrected chi connectivity index (χ4v) is 2.14. The number of ether oxygens (including phenoxy) is 2. The molecule has 0 amide bonds. The van der Waals surface area contributed by atoms with E-state index in [1.165, 1.54) is 14.2 Å². The summed E-state index contributed by atoms with van der Waals surface area (Å²) in [6.45, 7) is 3.75. The quantitative estimate of drug-likeness (QED) is 0.778. The number of hydrogen-bond acceptors (Lipinski definition) is 5. The number of furan rings is 1. The minimum Gasteiger partial charge on any atom is -0.465 e. The highest BCUT2D eigenvalue weighted by molar-refractivity contribution is 6.12. The zero-order valence-electron chi connectivity index (χ0n) is 11.2. The Bertz CT molecular complexity index is 666. The van der Waals surface area contributed by atoms with Crippen LogP contribution in [0, 0.1) is 13.8 Å². The Morgan fingerprint density at radius 1 is 1.05 bits per heavy atom. The molecule has 5 nitrogen and oxygen atoms in total. The summed E-state index contributed by atoms with van der Waals surface area (Å²) in [4.78, 5) is 23.6. The van der Waals surface area contributed by atoms with Crippen LogP contribution in [0.15, 0.2) is 16.5 Å². The predicted molar refractivity (Wildman–Crippen MR) is 68.4 cm³/mol. The van der Waals surface area contributed by atoms with Crippen LogP contribution >= 0.6 is 0 Å². The van der Waals surface area contributed by atoms with Gasteiger partial charge in [0.05, 0.1) is 14.2 Å². The summed E-state index contributed by atoms with van der Waals surface area (Å²) in [5.41, 5.74) is 2.40. The number of aryl methyl sites for hydroxylation is 2. The average Bonchev–Trinajstić information content (AvgIpc) is 2.76. The lowest BCUT2D eigenvalue weighted by molar-refractivity contribution is 0.0531. The first kappa shape index (κ1) is 13.1. The highest BCUT2D eigenvalue weighted by atomic mass is 16.5. The number of hydrogen-bond donors (Lipinski definition) is 0. The largest absolute Gasteiger partial charge is 0.465 e. The van der Waals surface area contributed by atoms with E-state index in [4.69, 9.17) is 9.15 Å². The van der Waals surface area contributed by atoms with E-state index in [-0.39, 0.29) is 11.3 Å². The topological polar surface area (TPSA) is 65.7 Å². The maximum atomic E-state index is 11.9. The van der Waals surface area contributed by atoms with Crippen LogP contribution in [0.3, 0.4) is 0 Å². The molecule has 0 aliphatic rings. The zero-order chi connectivity index (χ0) is 14.2. The highest BCUT2D eigenvalue weighted by Gasteiger charge is 2.28. The van der Waals surface area contributed by atoms with Crippen molar-refractivity contribution in [3.8, 4) is 0 Å². The minimum absolute atomic E-state index is 0.113. The lowest BCUT2D eigenvalue weighted by Gasteiger charge is -2.01. The van der Waals surface area contributed by atoms with Crippen molar-refractivity contribution in [3.63, 3.8) is 0 Å². The van der Waals surface area contributed by atoms with E-state index in [9.17, 15) is 9.59 Å². The van der Waals surface area contributed by atoms with Gasteiger partial charge in [-0.25, -0.2) is 9.59 Å². The summed E-state index contributed by atoms with van der Waals surface area (Å²) in [7, 11) is 2.49. The Balaban J connectivity index is 2.85. The molecule has 19 heavy (non-hydrogen) atoms. The lowest BCUT2D eigenvalue weighted by atomic mass is 10.0. The van der Waals surface area contributed by atoms with Gasteiger partial charge in [-0.1, -0.05) is 6.07 Å². The summed E-state index contributed by atoms with van der Waals surface area (Å²) in [6.07, 6.45) is 0. The summed E-state index contributed by atoms with van der Waals surface area (Å²) >= 11 is 0. The first-order chi connectivity index (χ1) is 8.99. The van der Waals surface area contributed by atoms with Gasteiger partial charge in [-0.3, -0.25) is 0 Å². The number of fused-ring (bicyclic) bond motifs is 1. The summed E-state index contributed by atoms with van der Waals surface area (Å²) < 4.78 is 14.8. The fraction of sp³-hybridized carbons (Fsp3) is 0.286. The maximum absolute atomic E-state index is 11.9. The number of rotatable bonds is 2. The molecule has 1 heterocycles. The Hall–Kier alpha value is -2.30. The molecule has 0 N–H and O–H groups in total. The van der Waals surface area contributed by atoms with E-state index in [2.05, 4.69) is 4.74 Å². The Morgan fingerprint density at radius 3 is 2.26 bits per heavy atom. The third-order valence-electron chi connectivity index (χ3n) is 2.89. The van der Waals surface area contributed by atoms with Crippen molar-refractivity contribution in [1.29, 1.82) is 0 Å². The number of methoxy groups -OCH3 is 2. The third kappa shape index (κ3) is 2.07. The second-order valence-electron chi connectivity index (χ2n) is 4.24. The monoisotopic (exact) mass is 262 g/mol. The van der Waals surface area contributed by atoms with Gasteiger partial charge in [0, 0.05) is 5.39 Å². The Labute approximate surface area is 110 Å². The minimum atomic E-state index is -0.700. The molecule has 2 rings (SSSR count). The van der Waals surface area contributed by atoms with Crippen LogP contribution in [-0.2, 0) is 9.47 Å². The molecule has 0 atom stereocenters. The second kappa shape index (κ2) is 4.76. The zero-order valence-corrected chi connectivity index (χ0v) is 11.2. The number of carbonyl (C=O) groups excluding carboxylic acids is 2. The number of esters is 2. The van der Waals surface area contributed by atoms with E-state index >= 15 is 0 Å². The third-order valence-corrected chi connectivity index (χ3v) is 2.89. The van der Waals surface area contributed by atoms with E-state index in [0.717, 1.165) is 11.1 Å². The normalized spacial score (nSPS) is 10.5. The van der Waals surface area contributed by atoms with Crippen LogP contribution in [0.5, 0.6) is 0 Å². The molecular weight excluding hydrogens is 248 g/mol. The molecule has 0 bridgehead atoms. The fourth-order valence-electron chi connectivity index (χ4n) is 2.14. The summed E-state index contributed by atoms with van der Waals surface area (Å²) in [5.74, 6) is -1.45. The van der Waals surface area contributed by atoms with Crippen molar-refractivity contribution in [3.05, 3.63) is 34.6 Å². The summed E-state index contributed by atoms with van der Waals surface area (Å²) in [6, 6.07) is 3.67. The van der Waals surface area contributed by atoms with Gasteiger partial charge in [0.25, 0.3) is 0 Å². The van der Waals surface area contributed by atoms with Gasteiger partial charge in [0.2, 0.25) is 5.76 Å². The molecule has 0 saturated carbocycles. The van der Waals surface area contributed by atoms with Crippen LogP contribution in [0.1, 0.15) is 32.0 Å². The van der Waals surface area contributed by atoms with E-state index in [0.29, 0.717) is 11.0 Å². The smallest absolute Gasteiger partial charge is 0.374 e. The molecule has 100 valence electrons. The van der Waals surface area contributed by atoms with Crippen molar-refractivity contribution in [1.82, 2.24) is 0 Å². The number of carbonyl (C=O) groups is 2. The van der Waals surface area contributed by atoms with Crippen LogP contribution in [0.4, 0.5) is 0 Å². The van der Waals surface area contributed by atoms with Gasteiger partial charge in [0.15, 0.2) is 0 Å². The Morgan fingerprint density at radius 2 is 1.68 bits per heavy atom. The first-order valence-electron chi connectivity index (χ1n) is 5.70. The molecule has 1 aromatic carbocycles. The van der Waals surface area contributed by atoms with Crippen LogP contribution in [0.2, 0.25) is 0 Å². The van der Waals surface area contributed by atoms with E-state index in [1.54, 1.807) is 6.07 Å². The molecule has 1 aromatic heterocycles. The van der Waals surface area contributed by atoms with Crippen LogP contribution < -0.4 is 0 Å². The van der Waals surface area contributed by atoms with Gasteiger partial charge >= 0.3 is 11.9 Å². The van der Waals surface area contributed by atoms with Gasteiger partial charge < -0.3 is 13.9 Å². The maximum Gasteiger partial charge on any atom is 0.374 e. The molecule has 0 aliphatic carbocycles. The standard InChI is InChI=1S/C14H14O5/c1-7-5-8(2)10-9(6-7)19-12(14(16)18-4)11(10)13(15)17-3/h5-6H,1-4H3. The first-order valence-corrected chi connectivity index (χ1v) is 5.70. The Kier molecular flexibility index (Phi) is 3.29. The number of benzene rings is 1. The molecule has 0 radical (unpaired) electrons. The second-order valence-corrected chi connectivity index (χ2v) is 4.24. The molecule has 0 aliphatic heterocycles.